The molecule has 8 heteroatoms. The van der Waals surface area contributed by atoms with Gasteiger partial charge in [-0.15, -0.1) is 0 Å². The normalized spacial score (nSPS) is 19.2. The van der Waals surface area contributed by atoms with Crippen molar-refractivity contribution in [2.45, 2.75) is 12.5 Å². The second-order valence-electron chi connectivity index (χ2n) is 5.35. The van der Waals surface area contributed by atoms with Gasteiger partial charge < -0.3 is 10.6 Å². The van der Waals surface area contributed by atoms with E-state index in [1.165, 1.54) is 0 Å². The number of benzene rings is 1. The van der Waals surface area contributed by atoms with Gasteiger partial charge in [-0.3, -0.25) is 4.79 Å². The van der Waals surface area contributed by atoms with E-state index in [2.05, 4.69) is 20.6 Å². The summed E-state index contributed by atoms with van der Waals surface area (Å²) in [6.07, 6.45) is 3.73. The van der Waals surface area contributed by atoms with Crippen LogP contribution in [-0.2, 0) is 9.84 Å². The lowest BCUT2D eigenvalue weighted by Crippen LogP contribution is -2.35. The predicted octanol–water partition coefficient (Wildman–Crippen LogP) is 1.14. The Labute approximate surface area is 134 Å². The number of aromatic nitrogens is 2. The minimum atomic E-state index is -3.00. The van der Waals surface area contributed by atoms with Gasteiger partial charge in [-0.2, -0.15) is 0 Å². The van der Waals surface area contributed by atoms with Crippen LogP contribution in [0.25, 0.3) is 0 Å². The average molecular weight is 332 g/mol. The molecule has 0 unspecified atom stereocenters. The lowest BCUT2D eigenvalue weighted by atomic mass is 10.1. The van der Waals surface area contributed by atoms with Crippen LogP contribution >= 0.6 is 0 Å². The van der Waals surface area contributed by atoms with Gasteiger partial charge in [0.05, 0.1) is 11.5 Å². The molecule has 1 saturated heterocycles. The predicted molar refractivity (Wildman–Crippen MR) is 86.3 cm³/mol. The van der Waals surface area contributed by atoms with E-state index in [0.29, 0.717) is 17.9 Å². The fourth-order valence-electron chi connectivity index (χ4n) is 2.38. The molecule has 0 saturated carbocycles. The van der Waals surface area contributed by atoms with Crippen molar-refractivity contribution in [1.29, 1.82) is 0 Å². The average Bonchev–Trinajstić information content (AvgIpc) is 2.88. The smallest absolute Gasteiger partial charge is 0.251 e. The number of anilines is 2. The SMILES string of the molecule is O=C(N[C@H]1CCS(=O)(=O)C1)c1ccc(Nc2ncccn2)cc1. The Balaban J connectivity index is 1.62. The lowest BCUT2D eigenvalue weighted by molar-refractivity contribution is 0.0941. The molecule has 1 atom stereocenters. The van der Waals surface area contributed by atoms with Crippen molar-refractivity contribution in [2.24, 2.45) is 0 Å². The molecule has 2 heterocycles. The van der Waals surface area contributed by atoms with Crippen molar-refractivity contribution in [3.63, 3.8) is 0 Å². The van der Waals surface area contributed by atoms with Gasteiger partial charge >= 0.3 is 0 Å². The summed E-state index contributed by atoms with van der Waals surface area (Å²) in [5, 5.41) is 5.78. The summed E-state index contributed by atoms with van der Waals surface area (Å²) in [5.41, 5.74) is 1.24. The molecule has 2 N–H and O–H groups in total. The summed E-state index contributed by atoms with van der Waals surface area (Å²) >= 11 is 0. The molecular weight excluding hydrogens is 316 g/mol. The maximum Gasteiger partial charge on any atom is 0.251 e. The zero-order chi connectivity index (χ0) is 16.3. The van der Waals surface area contributed by atoms with Gasteiger partial charge in [0.1, 0.15) is 0 Å². The second-order valence-corrected chi connectivity index (χ2v) is 7.58. The van der Waals surface area contributed by atoms with Crippen molar-refractivity contribution in [2.75, 3.05) is 16.8 Å². The topological polar surface area (TPSA) is 101 Å². The standard InChI is InChI=1S/C15H16N4O3S/c20-14(18-13-6-9-23(21,22)10-13)11-2-4-12(5-3-11)19-15-16-7-1-8-17-15/h1-5,7-8,13H,6,9-10H2,(H,18,20)(H,16,17,19)/t13-/m0/s1. The number of amides is 1. The number of carbonyl (C=O) groups excluding carboxylic acids is 1. The first-order chi connectivity index (χ1) is 11.0. The van der Waals surface area contributed by atoms with E-state index in [4.69, 9.17) is 0 Å². The molecule has 0 bridgehead atoms. The van der Waals surface area contributed by atoms with E-state index < -0.39 is 9.84 Å². The van der Waals surface area contributed by atoms with Crippen molar-refractivity contribution in [3.8, 4) is 0 Å². The van der Waals surface area contributed by atoms with Crippen molar-refractivity contribution < 1.29 is 13.2 Å². The fourth-order valence-corrected chi connectivity index (χ4v) is 4.05. The third kappa shape index (κ3) is 4.04. The zero-order valence-corrected chi connectivity index (χ0v) is 13.1. The van der Waals surface area contributed by atoms with Crippen molar-refractivity contribution in [1.82, 2.24) is 15.3 Å². The molecule has 1 aliphatic rings. The minimum Gasteiger partial charge on any atom is -0.348 e. The first kappa shape index (κ1) is 15.4. The van der Waals surface area contributed by atoms with Crippen LogP contribution in [0.3, 0.4) is 0 Å². The van der Waals surface area contributed by atoms with E-state index in [1.54, 1.807) is 42.7 Å². The maximum atomic E-state index is 12.1. The highest BCUT2D eigenvalue weighted by molar-refractivity contribution is 7.91. The highest BCUT2D eigenvalue weighted by atomic mass is 32.2. The second kappa shape index (κ2) is 6.33. The van der Waals surface area contributed by atoms with Crippen LogP contribution in [0.15, 0.2) is 42.7 Å². The van der Waals surface area contributed by atoms with E-state index in [0.717, 1.165) is 5.69 Å². The number of hydrogen-bond acceptors (Lipinski definition) is 6. The molecule has 120 valence electrons. The maximum absolute atomic E-state index is 12.1. The van der Waals surface area contributed by atoms with Crippen molar-refractivity contribution >= 4 is 27.4 Å². The fraction of sp³-hybridized carbons (Fsp3) is 0.267. The number of hydrogen-bond donors (Lipinski definition) is 2. The first-order valence-electron chi connectivity index (χ1n) is 7.17. The number of nitrogens with zero attached hydrogens (tertiary/aromatic N) is 2. The van der Waals surface area contributed by atoms with Gasteiger partial charge in [0.25, 0.3) is 5.91 Å². The van der Waals surface area contributed by atoms with Crippen LogP contribution < -0.4 is 10.6 Å². The molecule has 1 aromatic carbocycles. The quantitative estimate of drug-likeness (QED) is 0.870. The monoisotopic (exact) mass is 332 g/mol. The van der Waals surface area contributed by atoms with Crippen LogP contribution in [0.1, 0.15) is 16.8 Å². The Morgan fingerprint density at radius 1 is 1.13 bits per heavy atom. The van der Waals surface area contributed by atoms with E-state index in [9.17, 15) is 13.2 Å². The molecule has 1 aliphatic heterocycles. The first-order valence-corrected chi connectivity index (χ1v) is 8.99. The Bertz CT molecular complexity index is 791. The molecule has 2 aromatic rings. The van der Waals surface area contributed by atoms with Crippen LogP contribution in [0.4, 0.5) is 11.6 Å². The molecular formula is C15H16N4O3S. The highest BCUT2D eigenvalue weighted by Gasteiger charge is 2.29. The number of rotatable bonds is 4. The molecule has 0 aliphatic carbocycles. The summed E-state index contributed by atoms with van der Waals surface area (Å²) in [4.78, 5) is 20.2. The van der Waals surface area contributed by atoms with Crippen LogP contribution in [0.2, 0.25) is 0 Å². The molecule has 7 nitrogen and oxygen atoms in total. The van der Waals surface area contributed by atoms with E-state index >= 15 is 0 Å². The van der Waals surface area contributed by atoms with E-state index in [1.807, 2.05) is 0 Å². The van der Waals surface area contributed by atoms with Crippen LogP contribution in [-0.4, -0.2) is 41.8 Å². The third-order valence-corrected chi connectivity index (χ3v) is 5.30. The molecule has 1 aromatic heterocycles. The summed E-state index contributed by atoms with van der Waals surface area (Å²) in [7, 11) is -3.00. The Morgan fingerprint density at radius 2 is 1.83 bits per heavy atom. The number of sulfone groups is 1. The molecule has 1 amide bonds. The third-order valence-electron chi connectivity index (χ3n) is 3.54. The summed E-state index contributed by atoms with van der Waals surface area (Å²) in [5.74, 6) is 0.359. The minimum absolute atomic E-state index is 0.0176. The van der Waals surface area contributed by atoms with Gasteiger partial charge in [0, 0.05) is 29.7 Å². The highest BCUT2D eigenvalue weighted by Crippen LogP contribution is 2.15. The van der Waals surface area contributed by atoms with Crippen LogP contribution in [0, 0.1) is 0 Å². The molecule has 23 heavy (non-hydrogen) atoms. The Kier molecular flexibility index (Phi) is 4.24. The largest absolute Gasteiger partial charge is 0.348 e. The molecule has 0 radical (unpaired) electrons. The molecule has 0 spiro atoms. The van der Waals surface area contributed by atoms with E-state index in [-0.39, 0.29) is 23.5 Å². The van der Waals surface area contributed by atoms with Gasteiger partial charge in [0.2, 0.25) is 5.95 Å². The number of carbonyl (C=O) groups is 1. The number of nitrogens with one attached hydrogen (secondary N) is 2. The van der Waals surface area contributed by atoms with Gasteiger partial charge in [-0.25, -0.2) is 18.4 Å². The van der Waals surface area contributed by atoms with Gasteiger partial charge in [-0.1, -0.05) is 0 Å². The van der Waals surface area contributed by atoms with Crippen molar-refractivity contribution in [3.05, 3.63) is 48.3 Å². The lowest BCUT2D eigenvalue weighted by Gasteiger charge is -2.11. The Hall–Kier alpha value is -2.48. The van der Waals surface area contributed by atoms with Gasteiger partial charge in [0.15, 0.2) is 9.84 Å². The summed E-state index contributed by atoms with van der Waals surface area (Å²) < 4.78 is 22.8. The Morgan fingerprint density at radius 3 is 2.43 bits per heavy atom. The molecule has 3 rings (SSSR count). The molecule has 1 fully saturated rings. The summed E-state index contributed by atoms with van der Waals surface area (Å²) in [6, 6.07) is 8.26. The summed E-state index contributed by atoms with van der Waals surface area (Å²) in [6.45, 7) is 0. The van der Waals surface area contributed by atoms with Crippen LogP contribution in [0.5, 0.6) is 0 Å². The van der Waals surface area contributed by atoms with Gasteiger partial charge in [-0.05, 0) is 36.8 Å². The zero-order valence-electron chi connectivity index (χ0n) is 12.3.